The molecule has 5 aromatic rings. The maximum atomic E-state index is 14.9. The Balaban J connectivity index is 1.49. The van der Waals surface area contributed by atoms with E-state index in [1.54, 1.807) is 12.4 Å². The zero-order valence-electron chi connectivity index (χ0n) is 18.6. The molecule has 3 aromatic carbocycles. The predicted molar refractivity (Wildman–Crippen MR) is 137 cm³/mol. The van der Waals surface area contributed by atoms with E-state index in [1.165, 1.54) is 0 Å². The van der Waals surface area contributed by atoms with Crippen LogP contribution in [0.4, 0.5) is 0 Å². The summed E-state index contributed by atoms with van der Waals surface area (Å²) in [6.45, 7) is 1.98. The smallest absolute Gasteiger partial charge is 0.219 e. The van der Waals surface area contributed by atoms with Crippen molar-refractivity contribution < 1.29 is 9.30 Å². The zero-order valence-corrected chi connectivity index (χ0v) is 19.4. The van der Waals surface area contributed by atoms with E-state index in [0.29, 0.717) is 17.1 Å². The number of hydrogen-bond donors (Lipinski definition) is 0. The van der Waals surface area contributed by atoms with E-state index < -0.39 is 7.14 Å². The summed E-state index contributed by atoms with van der Waals surface area (Å²) in [6.07, 6.45) is 3.43. The largest absolute Gasteiger partial charge is 0.439 e. The highest BCUT2D eigenvalue weighted by Gasteiger charge is 2.42. The summed E-state index contributed by atoms with van der Waals surface area (Å²) in [5.41, 5.74) is 5.58. The van der Waals surface area contributed by atoms with Crippen LogP contribution in [0.5, 0.6) is 11.6 Å². The fourth-order valence-corrected chi connectivity index (χ4v) is 7.81. The number of aromatic nitrogens is 2. The van der Waals surface area contributed by atoms with Gasteiger partial charge in [0, 0.05) is 29.1 Å². The maximum Gasteiger partial charge on any atom is 0.219 e. The van der Waals surface area contributed by atoms with Gasteiger partial charge in [0.05, 0.1) is 0 Å². The van der Waals surface area contributed by atoms with Gasteiger partial charge in [-0.2, -0.15) is 0 Å². The van der Waals surface area contributed by atoms with Gasteiger partial charge in [-0.15, -0.1) is 0 Å². The van der Waals surface area contributed by atoms with Crippen molar-refractivity contribution >= 4 is 23.2 Å². The molecule has 0 bridgehead atoms. The molecule has 0 spiro atoms. The molecule has 2 aromatic heterocycles. The third-order valence-electron chi connectivity index (χ3n) is 6.18. The van der Waals surface area contributed by atoms with Gasteiger partial charge in [0.1, 0.15) is 11.2 Å². The van der Waals surface area contributed by atoms with Crippen LogP contribution in [0.25, 0.3) is 22.3 Å². The van der Waals surface area contributed by atoms with Crippen LogP contribution in [0.2, 0.25) is 0 Å². The molecule has 1 aliphatic rings. The van der Waals surface area contributed by atoms with E-state index in [2.05, 4.69) is 28.2 Å². The number of fused-ring (bicyclic) bond motifs is 3. The molecule has 0 fully saturated rings. The average Bonchev–Trinajstić information content (AvgIpc) is 3.14. The van der Waals surface area contributed by atoms with Crippen LogP contribution in [-0.2, 0) is 4.57 Å². The predicted octanol–water partition coefficient (Wildman–Crippen LogP) is 5.86. The molecular formula is C29H21N2O2P. The SMILES string of the molecule is Cc1cccnc1P1(=O)c2ccccc2-c2ccc(-c3cccc(Oc4ccccn4)c3)cc21. The number of aryl methyl sites for hydroxylation is 1. The molecule has 6 rings (SSSR count). The van der Waals surface area contributed by atoms with Crippen LogP contribution >= 0.6 is 7.14 Å². The van der Waals surface area contributed by atoms with E-state index in [1.807, 2.05) is 85.8 Å². The minimum absolute atomic E-state index is 0.541. The highest BCUT2D eigenvalue weighted by atomic mass is 31.2. The second-order valence-corrected chi connectivity index (χ2v) is 10.9. The van der Waals surface area contributed by atoms with Crippen molar-refractivity contribution in [2.24, 2.45) is 0 Å². The van der Waals surface area contributed by atoms with Crippen molar-refractivity contribution in [2.45, 2.75) is 6.92 Å². The monoisotopic (exact) mass is 460 g/mol. The van der Waals surface area contributed by atoms with Gasteiger partial charge < -0.3 is 9.30 Å². The van der Waals surface area contributed by atoms with Crippen molar-refractivity contribution in [3.63, 3.8) is 0 Å². The number of pyridine rings is 2. The number of benzene rings is 3. The van der Waals surface area contributed by atoms with Gasteiger partial charge >= 0.3 is 0 Å². The second kappa shape index (κ2) is 8.09. The Morgan fingerprint density at radius 3 is 2.32 bits per heavy atom. The summed E-state index contributed by atoms with van der Waals surface area (Å²) in [5, 5.41) is 1.69. The summed E-state index contributed by atoms with van der Waals surface area (Å²) in [5.74, 6) is 1.24. The lowest BCUT2D eigenvalue weighted by molar-refractivity contribution is 0.463. The highest BCUT2D eigenvalue weighted by molar-refractivity contribution is 7.86. The minimum Gasteiger partial charge on any atom is -0.439 e. The van der Waals surface area contributed by atoms with Gasteiger partial charge in [0.15, 0.2) is 7.14 Å². The Labute approximate surface area is 198 Å². The fraction of sp³-hybridized carbons (Fsp3) is 0.0345. The molecule has 1 unspecified atom stereocenters. The van der Waals surface area contributed by atoms with Gasteiger partial charge in [0.25, 0.3) is 0 Å². The maximum absolute atomic E-state index is 14.9. The molecule has 0 radical (unpaired) electrons. The summed E-state index contributed by atoms with van der Waals surface area (Å²) < 4.78 is 20.8. The molecule has 5 heteroatoms. The third kappa shape index (κ3) is 3.27. The summed E-state index contributed by atoms with van der Waals surface area (Å²) >= 11 is 0. The van der Waals surface area contributed by atoms with Gasteiger partial charge in [-0.3, -0.25) is 4.98 Å². The molecule has 0 saturated heterocycles. The Morgan fingerprint density at radius 2 is 1.47 bits per heavy atom. The lowest BCUT2D eigenvalue weighted by atomic mass is 10.0. The van der Waals surface area contributed by atoms with E-state index in [9.17, 15) is 4.57 Å². The lowest BCUT2D eigenvalue weighted by Crippen LogP contribution is -2.25. The summed E-state index contributed by atoms with van der Waals surface area (Å²) in [4.78, 5) is 8.84. The van der Waals surface area contributed by atoms with Crippen molar-refractivity contribution in [3.05, 3.63) is 115 Å². The molecule has 164 valence electrons. The lowest BCUT2D eigenvalue weighted by Gasteiger charge is -2.17. The Morgan fingerprint density at radius 1 is 0.676 bits per heavy atom. The van der Waals surface area contributed by atoms with Crippen molar-refractivity contribution in [1.29, 1.82) is 0 Å². The first kappa shape index (κ1) is 20.6. The first-order valence-corrected chi connectivity index (χ1v) is 12.8. The second-order valence-electron chi connectivity index (χ2n) is 8.30. The molecule has 34 heavy (non-hydrogen) atoms. The van der Waals surface area contributed by atoms with Crippen LogP contribution in [-0.4, -0.2) is 9.97 Å². The van der Waals surface area contributed by atoms with Crippen LogP contribution < -0.4 is 20.8 Å². The summed E-state index contributed by atoms with van der Waals surface area (Å²) in [6, 6.07) is 31.5. The Kier molecular flexibility index (Phi) is 4.90. The zero-order chi connectivity index (χ0) is 23.1. The highest BCUT2D eigenvalue weighted by Crippen LogP contribution is 2.52. The van der Waals surface area contributed by atoms with Crippen molar-refractivity contribution in [3.8, 4) is 33.9 Å². The molecule has 1 atom stereocenters. The topological polar surface area (TPSA) is 52.1 Å². The number of nitrogens with zero attached hydrogens (tertiary/aromatic N) is 2. The molecule has 0 aliphatic carbocycles. The molecule has 3 heterocycles. The third-order valence-corrected chi connectivity index (χ3v) is 9.36. The molecule has 1 aliphatic heterocycles. The summed E-state index contributed by atoms with van der Waals surface area (Å²) in [7, 11) is -3.11. The van der Waals surface area contributed by atoms with Gasteiger partial charge in [-0.25, -0.2) is 4.98 Å². The number of ether oxygens (including phenoxy) is 1. The molecular weight excluding hydrogens is 439 g/mol. The van der Waals surface area contributed by atoms with Crippen LogP contribution in [0.1, 0.15) is 5.56 Å². The Bertz CT molecular complexity index is 1580. The Hall–Kier alpha value is -4.01. The molecule has 0 amide bonds. The standard InChI is InChI=1S/C29H21N2O2P/c1-20-8-7-17-31-29(20)34(32)26-12-3-2-11-24(26)25-15-14-22(19-27(25)34)21-9-6-10-23(18-21)33-28-13-4-5-16-30-28/h2-19H,1H3. The average molecular weight is 460 g/mol. The van der Waals surface area contributed by atoms with E-state index in [4.69, 9.17) is 4.74 Å². The first-order valence-electron chi connectivity index (χ1n) is 11.1. The van der Waals surface area contributed by atoms with Gasteiger partial charge in [-0.05, 0) is 65.1 Å². The number of hydrogen-bond acceptors (Lipinski definition) is 4. The van der Waals surface area contributed by atoms with Gasteiger partial charge in [0.2, 0.25) is 5.88 Å². The quantitative estimate of drug-likeness (QED) is 0.309. The fourth-order valence-electron chi connectivity index (χ4n) is 4.61. The van der Waals surface area contributed by atoms with E-state index in [-0.39, 0.29) is 0 Å². The first-order chi connectivity index (χ1) is 16.6. The molecule has 4 nitrogen and oxygen atoms in total. The van der Waals surface area contributed by atoms with Crippen LogP contribution in [0, 0.1) is 6.92 Å². The van der Waals surface area contributed by atoms with Crippen LogP contribution in [0.15, 0.2) is 109 Å². The van der Waals surface area contributed by atoms with E-state index >= 15 is 0 Å². The van der Waals surface area contributed by atoms with Crippen molar-refractivity contribution in [1.82, 2.24) is 9.97 Å². The van der Waals surface area contributed by atoms with Crippen LogP contribution in [0.3, 0.4) is 0 Å². The van der Waals surface area contributed by atoms with Gasteiger partial charge in [-0.1, -0.05) is 60.7 Å². The minimum atomic E-state index is -3.11. The molecule has 0 N–H and O–H groups in total. The normalized spacial score (nSPS) is 16.0. The van der Waals surface area contributed by atoms with E-state index in [0.717, 1.165) is 38.4 Å². The van der Waals surface area contributed by atoms with Crippen molar-refractivity contribution in [2.75, 3.05) is 0 Å². The number of rotatable bonds is 4. The molecule has 0 saturated carbocycles.